The minimum absolute atomic E-state index is 0.0157. The van der Waals surface area contributed by atoms with Gasteiger partial charge in [0.1, 0.15) is 0 Å². The predicted molar refractivity (Wildman–Crippen MR) is 106 cm³/mol. The molecule has 2 aliphatic rings. The van der Waals surface area contributed by atoms with Crippen molar-refractivity contribution in [1.82, 2.24) is 10.2 Å². The fourth-order valence-corrected chi connectivity index (χ4v) is 4.25. The Kier molecular flexibility index (Phi) is 4.80. The molecule has 1 N–H and O–H groups in total. The van der Waals surface area contributed by atoms with Crippen LogP contribution in [0.25, 0.3) is 6.08 Å². The number of rotatable bonds is 3. The molecule has 0 saturated heterocycles. The molecule has 0 aromatic heterocycles. The second-order valence-corrected chi connectivity index (χ2v) is 7.30. The predicted octanol–water partition coefficient (Wildman–Crippen LogP) is 4.14. The number of amides is 2. The third-order valence-corrected chi connectivity index (χ3v) is 5.55. The van der Waals surface area contributed by atoms with E-state index in [2.05, 4.69) is 23.5 Å². The van der Waals surface area contributed by atoms with Crippen LogP contribution in [-0.4, -0.2) is 16.7 Å². The number of benzene rings is 2. The van der Waals surface area contributed by atoms with Crippen LogP contribution in [0.1, 0.15) is 60.5 Å². The minimum Gasteiger partial charge on any atom is -0.349 e. The van der Waals surface area contributed by atoms with Crippen LogP contribution in [0.5, 0.6) is 0 Å². The van der Waals surface area contributed by atoms with Crippen LogP contribution >= 0.6 is 0 Å². The molecule has 1 heterocycles. The Morgan fingerprint density at radius 3 is 2.63 bits per heavy atom. The maximum absolute atomic E-state index is 12.9. The van der Waals surface area contributed by atoms with E-state index in [0.29, 0.717) is 0 Å². The lowest BCUT2D eigenvalue weighted by Gasteiger charge is -2.33. The highest BCUT2D eigenvalue weighted by molar-refractivity contribution is 5.82. The summed E-state index contributed by atoms with van der Waals surface area (Å²) in [7, 11) is 0. The minimum atomic E-state index is -0.262. The lowest BCUT2D eigenvalue weighted by molar-refractivity contribution is -0.130. The number of fused-ring (bicyclic) bond motifs is 2. The lowest BCUT2D eigenvalue weighted by Crippen LogP contribution is -2.37. The van der Waals surface area contributed by atoms with E-state index in [1.807, 2.05) is 36.4 Å². The highest BCUT2D eigenvalue weighted by atomic mass is 16.2. The first-order valence-corrected chi connectivity index (χ1v) is 9.56. The fraction of sp³-hybridized carbons (Fsp3) is 0.304. The summed E-state index contributed by atoms with van der Waals surface area (Å²) in [5.41, 5.74) is 4.64. The highest BCUT2D eigenvalue weighted by Crippen LogP contribution is 2.34. The zero-order valence-corrected chi connectivity index (χ0v) is 15.5. The van der Waals surface area contributed by atoms with Crippen LogP contribution in [0.3, 0.4) is 0 Å². The Bertz CT molecular complexity index is 903. The van der Waals surface area contributed by atoms with Crippen molar-refractivity contribution in [2.75, 3.05) is 0 Å². The summed E-state index contributed by atoms with van der Waals surface area (Å²) < 4.78 is 0. The molecule has 0 bridgehead atoms. The molecule has 4 nitrogen and oxygen atoms in total. The molecule has 2 atom stereocenters. The van der Waals surface area contributed by atoms with Gasteiger partial charge in [0.2, 0.25) is 11.8 Å². The summed E-state index contributed by atoms with van der Waals surface area (Å²) in [6.07, 6.45) is 7.10. The number of nitrogens with zero attached hydrogens (tertiary/aromatic N) is 1. The van der Waals surface area contributed by atoms with Crippen LogP contribution in [0.4, 0.5) is 0 Å². The van der Waals surface area contributed by atoms with Crippen molar-refractivity contribution in [3.8, 4) is 0 Å². The summed E-state index contributed by atoms with van der Waals surface area (Å²) in [4.78, 5) is 26.7. The Morgan fingerprint density at radius 2 is 1.81 bits per heavy atom. The van der Waals surface area contributed by atoms with Gasteiger partial charge in [0, 0.05) is 13.1 Å². The van der Waals surface area contributed by atoms with Crippen LogP contribution in [0, 0.1) is 0 Å². The maximum Gasteiger partial charge on any atom is 0.223 e. The van der Waals surface area contributed by atoms with E-state index >= 15 is 0 Å². The Labute approximate surface area is 159 Å². The summed E-state index contributed by atoms with van der Waals surface area (Å²) in [5.74, 6) is -0.0698. The molecule has 0 saturated carbocycles. The first kappa shape index (κ1) is 17.5. The average molecular weight is 360 g/mol. The monoisotopic (exact) mass is 360 g/mol. The van der Waals surface area contributed by atoms with E-state index in [-0.39, 0.29) is 30.3 Å². The number of aryl methyl sites for hydroxylation is 1. The van der Waals surface area contributed by atoms with Gasteiger partial charge in [0.05, 0.1) is 18.5 Å². The number of carbonyl (C=O) groups excluding carboxylic acids is 2. The summed E-state index contributed by atoms with van der Waals surface area (Å²) in [6.45, 7) is 1.54. The first-order valence-electron chi connectivity index (χ1n) is 9.56. The molecule has 0 spiro atoms. The molecule has 1 aliphatic carbocycles. The summed E-state index contributed by atoms with van der Waals surface area (Å²) >= 11 is 0. The third-order valence-electron chi connectivity index (χ3n) is 5.55. The second-order valence-electron chi connectivity index (χ2n) is 7.30. The molecule has 27 heavy (non-hydrogen) atoms. The molecule has 0 fully saturated rings. The van der Waals surface area contributed by atoms with Crippen molar-refractivity contribution >= 4 is 17.9 Å². The van der Waals surface area contributed by atoms with Crippen molar-refractivity contribution in [3.05, 3.63) is 77.0 Å². The van der Waals surface area contributed by atoms with Gasteiger partial charge in [-0.05, 0) is 47.6 Å². The van der Waals surface area contributed by atoms with Gasteiger partial charge in [-0.1, -0.05) is 48.5 Å². The maximum atomic E-state index is 12.9. The van der Waals surface area contributed by atoms with Crippen LogP contribution < -0.4 is 5.32 Å². The number of nitrogens with one attached hydrogen (secondary N) is 1. The van der Waals surface area contributed by atoms with Gasteiger partial charge in [-0.25, -0.2) is 0 Å². The van der Waals surface area contributed by atoms with Gasteiger partial charge in [0.25, 0.3) is 0 Å². The van der Waals surface area contributed by atoms with E-state index in [1.54, 1.807) is 18.0 Å². The summed E-state index contributed by atoms with van der Waals surface area (Å²) in [5, 5.41) is 3.21. The standard InChI is InChI=1S/C23H24N2O2/c1-16(26)25-14-13-18-8-3-5-11-20(18)22(25)15-23(27)24-21-12-6-9-17-7-2-4-10-19(17)21/h2-5,7-8,10-11,13-14,21-22H,6,9,12,15H2,1H3,(H,24,27). The molecule has 4 heteroatoms. The molecule has 2 aromatic carbocycles. The largest absolute Gasteiger partial charge is 0.349 e. The van der Waals surface area contributed by atoms with E-state index in [4.69, 9.17) is 0 Å². The quantitative estimate of drug-likeness (QED) is 0.894. The fourth-order valence-electron chi connectivity index (χ4n) is 4.25. The Hall–Kier alpha value is -2.88. The first-order chi connectivity index (χ1) is 13.1. The number of hydrogen-bond donors (Lipinski definition) is 1. The molecule has 2 aromatic rings. The Morgan fingerprint density at radius 1 is 1.07 bits per heavy atom. The van der Waals surface area contributed by atoms with Gasteiger partial charge in [0.15, 0.2) is 0 Å². The van der Waals surface area contributed by atoms with E-state index in [0.717, 1.165) is 30.4 Å². The van der Waals surface area contributed by atoms with Crippen molar-refractivity contribution in [2.24, 2.45) is 0 Å². The SMILES string of the molecule is CC(=O)N1C=Cc2ccccc2C1CC(=O)NC1CCCc2ccccc21. The van der Waals surface area contributed by atoms with E-state index in [1.165, 1.54) is 11.1 Å². The number of hydrogen-bond acceptors (Lipinski definition) is 2. The Balaban J connectivity index is 1.54. The van der Waals surface area contributed by atoms with E-state index < -0.39 is 0 Å². The van der Waals surface area contributed by atoms with Crippen molar-refractivity contribution < 1.29 is 9.59 Å². The summed E-state index contributed by atoms with van der Waals surface area (Å²) in [6, 6.07) is 16.1. The molecule has 2 amide bonds. The van der Waals surface area contributed by atoms with Gasteiger partial charge >= 0.3 is 0 Å². The van der Waals surface area contributed by atoms with Gasteiger partial charge in [-0.15, -0.1) is 0 Å². The highest BCUT2D eigenvalue weighted by Gasteiger charge is 2.29. The lowest BCUT2D eigenvalue weighted by atomic mass is 9.87. The van der Waals surface area contributed by atoms with Crippen LogP contribution in [0.2, 0.25) is 0 Å². The zero-order chi connectivity index (χ0) is 18.8. The normalized spacial score (nSPS) is 20.6. The van der Waals surface area contributed by atoms with Crippen LogP contribution in [-0.2, 0) is 16.0 Å². The molecule has 0 radical (unpaired) electrons. The van der Waals surface area contributed by atoms with E-state index in [9.17, 15) is 9.59 Å². The van der Waals surface area contributed by atoms with Gasteiger partial charge in [-0.2, -0.15) is 0 Å². The molecule has 1 aliphatic heterocycles. The molecular weight excluding hydrogens is 336 g/mol. The molecular formula is C23H24N2O2. The van der Waals surface area contributed by atoms with Gasteiger partial charge in [-0.3, -0.25) is 9.59 Å². The van der Waals surface area contributed by atoms with Crippen molar-refractivity contribution in [2.45, 2.75) is 44.7 Å². The third kappa shape index (κ3) is 3.52. The number of carbonyl (C=O) groups is 2. The average Bonchev–Trinajstić information content (AvgIpc) is 2.68. The molecule has 2 unspecified atom stereocenters. The molecule has 138 valence electrons. The second kappa shape index (κ2) is 7.39. The smallest absolute Gasteiger partial charge is 0.223 e. The van der Waals surface area contributed by atoms with Crippen molar-refractivity contribution in [3.63, 3.8) is 0 Å². The zero-order valence-electron chi connectivity index (χ0n) is 15.5. The topological polar surface area (TPSA) is 49.4 Å². The van der Waals surface area contributed by atoms with Crippen LogP contribution in [0.15, 0.2) is 54.7 Å². The molecule has 4 rings (SSSR count). The van der Waals surface area contributed by atoms with Crippen molar-refractivity contribution in [1.29, 1.82) is 0 Å². The van der Waals surface area contributed by atoms with Gasteiger partial charge < -0.3 is 10.2 Å².